The molecule has 2 aromatic carbocycles. The monoisotopic (exact) mass is 421 g/mol. The summed E-state index contributed by atoms with van der Waals surface area (Å²) in [6.45, 7) is 1.48. The Labute approximate surface area is 177 Å². The molecule has 0 aliphatic carbocycles. The van der Waals surface area contributed by atoms with Gasteiger partial charge >= 0.3 is 5.97 Å². The number of benzene rings is 2. The zero-order valence-electron chi connectivity index (χ0n) is 16.4. The van der Waals surface area contributed by atoms with Crippen molar-refractivity contribution in [3.8, 4) is 0 Å². The van der Waals surface area contributed by atoms with Crippen molar-refractivity contribution in [2.45, 2.75) is 6.92 Å². The molecule has 1 aromatic heterocycles. The Morgan fingerprint density at radius 1 is 1.07 bits per heavy atom. The van der Waals surface area contributed by atoms with Gasteiger partial charge in [-0.25, -0.2) is 9.78 Å². The van der Waals surface area contributed by atoms with Crippen molar-refractivity contribution in [1.82, 2.24) is 4.98 Å². The maximum absolute atomic E-state index is 12.2. The molecule has 30 heavy (non-hydrogen) atoms. The predicted octanol–water partition coefficient (Wildman–Crippen LogP) is 4.27. The lowest BCUT2D eigenvalue weighted by molar-refractivity contribution is -0.116. The van der Waals surface area contributed by atoms with Crippen LogP contribution in [0.4, 0.5) is 16.5 Å². The molecule has 0 saturated carbocycles. The molecule has 0 unspecified atom stereocenters. The maximum atomic E-state index is 12.2. The third-order valence-corrected chi connectivity index (χ3v) is 4.85. The number of rotatable bonds is 6. The van der Waals surface area contributed by atoms with Gasteiger partial charge in [0.15, 0.2) is 5.13 Å². The van der Waals surface area contributed by atoms with Crippen molar-refractivity contribution in [3.05, 3.63) is 77.3 Å². The summed E-state index contributed by atoms with van der Waals surface area (Å²) in [7, 11) is 1.31. The summed E-state index contributed by atoms with van der Waals surface area (Å²) in [4.78, 5) is 41.6. The number of methoxy groups -OCH3 is 1. The highest BCUT2D eigenvalue weighted by molar-refractivity contribution is 7.14. The lowest BCUT2D eigenvalue weighted by Crippen LogP contribution is -2.22. The molecule has 3 rings (SSSR count). The Hall–Kier alpha value is -3.78. The highest BCUT2D eigenvalue weighted by Gasteiger charge is 2.17. The first-order chi connectivity index (χ1) is 14.5. The molecule has 3 aromatic rings. The summed E-state index contributed by atoms with van der Waals surface area (Å²) in [6.07, 6.45) is 2.93. The van der Waals surface area contributed by atoms with Crippen LogP contribution in [-0.2, 0) is 14.3 Å². The number of aromatic nitrogens is 1. The highest BCUT2D eigenvalue weighted by atomic mass is 32.1. The van der Waals surface area contributed by atoms with Gasteiger partial charge in [0.1, 0.15) is 0 Å². The van der Waals surface area contributed by atoms with E-state index >= 15 is 0 Å². The van der Waals surface area contributed by atoms with E-state index in [1.165, 1.54) is 36.3 Å². The zero-order chi connectivity index (χ0) is 21.5. The number of amides is 2. The Balaban J connectivity index is 1.67. The molecule has 1 N–H and O–H groups in total. The molecule has 7 nitrogen and oxygen atoms in total. The highest BCUT2D eigenvalue weighted by Crippen LogP contribution is 2.29. The van der Waals surface area contributed by atoms with E-state index < -0.39 is 5.97 Å². The van der Waals surface area contributed by atoms with Crippen LogP contribution in [-0.4, -0.2) is 29.9 Å². The average molecular weight is 421 g/mol. The van der Waals surface area contributed by atoms with Gasteiger partial charge in [0, 0.05) is 24.1 Å². The second-order valence-corrected chi connectivity index (χ2v) is 6.97. The van der Waals surface area contributed by atoms with Crippen LogP contribution in [0.3, 0.4) is 0 Å². The van der Waals surface area contributed by atoms with Gasteiger partial charge in [-0.3, -0.25) is 14.5 Å². The van der Waals surface area contributed by atoms with E-state index in [-0.39, 0.29) is 11.8 Å². The maximum Gasteiger partial charge on any atom is 0.337 e. The largest absolute Gasteiger partial charge is 0.465 e. The number of nitrogens with one attached hydrogen (secondary N) is 1. The van der Waals surface area contributed by atoms with Crippen LogP contribution < -0.4 is 10.2 Å². The lowest BCUT2D eigenvalue weighted by Gasteiger charge is -2.17. The number of para-hydroxylation sites is 1. The Bertz CT molecular complexity index is 1080. The summed E-state index contributed by atoms with van der Waals surface area (Å²) in [5.41, 5.74) is 2.23. The second-order valence-electron chi connectivity index (χ2n) is 6.14. The molecule has 152 valence electrons. The third-order valence-electron chi connectivity index (χ3n) is 4.01. The normalized spacial score (nSPS) is 10.6. The Morgan fingerprint density at radius 2 is 1.77 bits per heavy atom. The van der Waals surface area contributed by atoms with Gasteiger partial charge in [-0.1, -0.05) is 18.2 Å². The Morgan fingerprint density at radius 3 is 2.40 bits per heavy atom. The van der Waals surface area contributed by atoms with Crippen molar-refractivity contribution in [3.63, 3.8) is 0 Å². The molecular formula is C22H19N3O4S. The van der Waals surface area contributed by atoms with Crippen molar-refractivity contribution < 1.29 is 19.1 Å². The van der Waals surface area contributed by atoms with Crippen molar-refractivity contribution >= 4 is 51.7 Å². The van der Waals surface area contributed by atoms with Gasteiger partial charge in [0.05, 0.1) is 24.1 Å². The van der Waals surface area contributed by atoms with Crippen LogP contribution in [0.2, 0.25) is 0 Å². The van der Waals surface area contributed by atoms with Crippen LogP contribution in [0.1, 0.15) is 23.0 Å². The molecular weight excluding hydrogens is 402 g/mol. The number of nitrogens with zero attached hydrogens (tertiary/aromatic N) is 2. The molecule has 0 aliphatic heterocycles. The van der Waals surface area contributed by atoms with Crippen molar-refractivity contribution in [2.75, 3.05) is 17.3 Å². The number of anilines is 3. The SMILES string of the molecule is COC(=O)c1ccc(NC(=O)/C=C/c2csc(N(C(C)=O)c3ccccc3)n2)cc1. The molecule has 0 spiro atoms. The van der Waals surface area contributed by atoms with Crippen LogP contribution in [0, 0.1) is 0 Å². The topological polar surface area (TPSA) is 88.6 Å². The fraction of sp³-hybridized carbons (Fsp3) is 0.0909. The number of ether oxygens (including phenoxy) is 1. The standard InChI is InChI=1S/C22H19N3O4S/c1-15(26)25(19-6-4-3-5-7-19)22-24-18(14-30-22)12-13-20(27)23-17-10-8-16(9-11-17)21(28)29-2/h3-14H,1-2H3,(H,23,27)/b13-12+. The van der Waals surface area contributed by atoms with E-state index in [1.807, 2.05) is 30.3 Å². The second kappa shape index (κ2) is 9.62. The van der Waals surface area contributed by atoms with Gasteiger partial charge < -0.3 is 10.1 Å². The summed E-state index contributed by atoms with van der Waals surface area (Å²) in [6, 6.07) is 15.6. The minimum Gasteiger partial charge on any atom is -0.465 e. The molecule has 0 atom stereocenters. The van der Waals surface area contributed by atoms with Crippen molar-refractivity contribution in [2.24, 2.45) is 0 Å². The van der Waals surface area contributed by atoms with E-state index in [9.17, 15) is 14.4 Å². The third kappa shape index (κ3) is 5.18. The molecule has 0 radical (unpaired) electrons. The van der Waals surface area contributed by atoms with E-state index in [4.69, 9.17) is 0 Å². The first-order valence-corrected chi connectivity index (χ1v) is 9.84. The van der Waals surface area contributed by atoms with Crippen LogP contribution in [0.5, 0.6) is 0 Å². The minimum atomic E-state index is -0.442. The summed E-state index contributed by atoms with van der Waals surface area (Å²) in [5.74, 6) is -0.941. The first kappa shape index (κ1) is 20.9. The summed E-state index contributed by atoms with van der Waals surface area (Å²) in [5, 5.41) is 4.99. The molecule has 0 saturated heterocycles. The quantitative estimate of drug-likeness (QED) is 0.474. The molecule has 1 heterocycles. The number of carbonyl (C=O) groups is 3. The predicted molar refractivity (Wildman–Crippen MR) is 117 cm³/mol. The molecule has 2 amide bonds. The number of hydrogen-bond donors (Lipinski definition) is 1. The summed E-state index contributed by atoms with van der Waals surface area (Å²) >= 11 is 1.31. The number of esters is 1. The number of hydrogen-bond acceptors (Lipinski definition) is 6. The van der Waals surface area contributed by atoms with Crippen molar-refractivity contribution in [1.29, 1.82) is 0 Å². The first-order valence-electron chi connectivity index (χ1n) is 8.96. The van der Waals surface area contributed by atoms with Gasteiger partial charge in [0.2, 0.25) is 11.8 Å². The van der Waals surface area contributed by atoms with Gasteiger partial charge in [-0.2, -0.15) is 0 Å². The van der Waals surface area contributed by atoms with E-state index in [2.05, 4.69) is 15.0 Å². The smallest absolute Gasteiger partial charge is 0.337 e. The van der Waals surface area contributed by atoms with Gasteiger partial charge in [0.25, 0.3) is 0 Å². The van der Waals surface area contributed by atoms with Crippen LogP contribution in [0.25, 0.3) is 6.08 Å². The van der Waals surface area contributed by atoms with Crippen LogP contribution >= 0.6 is 11.3 Å². The fourth-order valence-electron chi connectivity index (χ4n) is 2.61. The molecule has 8 heteroatoms. The fourth-order valence-corrected chi connectivity index (χ4v) is 3.47. The van der Waals surface area contributed by atoms with E-state index in [0.717, 1.165) is 5.69 Å². The minimum absolute atomic E-state index is 0.153. The number of thiazole rings is 1. The lowest BCUT2D eigenvalue weighted by atomic mass is 10.2. The molecule has 0 bridgehead atoms. The summed E-state index contributed by atoms with van der Waals surface area (Å²) < 4.78 is 4.64. The number of carbonyl (C=O) groups excluding carboxylic acids is 3. The Kier molecular flexibility index (Phi) is 6.71. The average Bonchev–Trinajstić information content (AvgIpc) is 3.21. The molecule has 0 fully saturated rings. The van der Waals surface area contributed by atoms with Crippen LogP contribution in [0.15, 0.2) is 66.1 Å². The zero-order valence-corrected chi connectivity index (χ0v) is 17.2. The van der Waals surface area contributed by atoms with Gasteiger partial charge in [-0.05, 0) is 42.5 Å². The van der Waals surface area contributed by atoms with E-state index in [0.29, 0.717) is 22.1 Å². The molecule has 0 aliphatic rings. The van der Waals surface area contributed by atoms with Gasteiger partial charge in [-0.15, -0.1) is 11.3 Å². The van der Waals surface area contributed by atoms with E-state index in [1.54, 1.807) is 35.7 Å².